The van der Waals surface area contributed by atoms with Crippen LogP contribution in [0.1, 0.15) is 41.5 Å². The van der Waals surface area contributed by atoms with E-state index in [0.717, 1.165) is 0 Å². The lowest BCUT2D eigenvalue weighted by molar-refractivity contribution is -0.163. The smallest absolute Gasteiger partial charge is 0.327 e. The minimum absolute atomic E-state index is 0.159. The first-order valence-electron chi connectivity index (χ1n) is 11.0. The first kappa shape index (κ1) is 28.8. The van der Waals surface area contributed by atoms with Crippen molar-refractivity contribution in [3.63, 3.8) is 0 Å². The van der Waals surface area contributed by atoms with Gasteiger partial charge in [-0.3, -0.25) is 9.59 Å². The third kappa shape index (κ3) is 8.03. The molecule has 0 amide bonds. The van der Waals surface area contributed by atoms with Gasteiger partial charge in [0, 0.05) is 10.6 Å². The summed E-state index contributed by atoms with van der Waals surface area (Å²) in [7, 11) is -4.51. The van der Waals surface area contributed by atoms with Gasteiger partial charge in [0.2, 0.25) is 10.0 Å². The van der Waals surface area contributed by atoms with Gasteiger partial charge < -0.3 is 14.6 Å². The Labute approximate surface area is 211 Å². The molecule has 1 atom stereocenters. The number of carbonyl (C=O) groups is 2. The van der Waals surface area contributed by atoms with E-state index in [1.807, 2.05) is 0 Å². The van der Waals surface area contributed by atoms with Crippen molar-refractivity contribution < 1.29 is 32.6 Å². The Balaban J connectivity index is 2.63. The molecule has 8 nitrogen and oxygen atoms in total. The summed E-state index contributed by atoms with van der Waals surface area (Å²) in [5.74, 6) is -1.87. The lowest BCUT2D eigenvalue weighted by atomic mass is 10.1. The van der Waals surface area contributed by atoms with E-state index >= 15 is 0 Å². The lowest BCUT2D eigenvalue weighted by Gasteiger charge is -2.31. The molecule has 35 heavy (non-hydrogen) atoms. The molecule has 192 valence electrons. The van der Waals surface area contributed by atoms with Gasteiger partial charge in [0.05, 0.1) is 11.5 Å². The summed E-state index contributed by atoms with van der Waals surface area (Å²) in [5, 5.41) is 10.5. The van der Waals surface area contributed by atoms with Crippen molar-refractivity contribution in [1.29, 1.82) is 0 Å². The van der Waals surface area contributed by atoms with Gasteiger partial charge in [-0.2, -0.15) is 4.31 Å². The number of hydrogen-bond acceptors (Lipinski definition) is 7. The molecule has 0 aliphatic rings. The van der Waals surface area contributed by atoms with Crippen LogP contribution >= 0.6 is 11.6 Å². The molecule has 0 heterocycles. The van der Waals surface area contributed by atoms with Crippen LogP contribution in [0.5, 0.6) is 0 Å². The quantitative estimate of drug-likeness (QED) is 0.518. The number of halogens is 1. The maximum atomic E-state index is 13.9. The highest BCUT2D eigenvalue weighted by Crippen LogP contribution is 2.31. The molecule has 0 unspecified atom stereocenters. The van der Waals surface area contributed by atoms with Crippen LogP contribution in [0.3, 0.4) is 0 Å². The van der Waals surface area contributed by atoms with Crippen LogP contribution in [0, 0.1) is 0 Å². The van der Waals surface area contributed by atoms with Crippen molar-refractivity contribution >= 4 is 33.6 Å². The molecule has 0 bridgehead atoms. The highest BCUT2D eigenvalue weighted by molar-refractivity contribution is 7.89. The van der Waals surface area contributed by atoms with Crippen molar-refractivity contribution in [2.24, 2.45) is 0 Å². The molecular formula is C25H32ClNO7S. The van der Waals surface area contributed by atoms with E-state index in [1.54, 1.807) is 77.9 Å². The summed E-state index contributed by atoms with van der Waals surface area (Å²) in [4.78, 5) is 25.4. The summed E-state index contributed by atoms with van der Waals surface area (Å²) in [6.45, 7) is 8.04. The molecule has 0 aromatic heterocycles. The fourth-order valence-corrected chi connectivity index (χ4v) is 5.06. The van der Waals surface area contributed by atoms with Gasteiger partial charge in [0.25, 0.3) is 0 Å². The molecular weight excluding hydrogens is 494 g/mol. The summed E-state index contributed by atoms with van der Waals surface area (Å²) < 4.78 is 39.2. The Kier molecular flexibility index (Phi) is 9.10. The van der Waals surface area contributed by atoms with Crippen LogP contribution in [0.15, 0.2) is 53.4 Å². The third-order valence-corrected chi connectivity index (χ3v) is 6.70. The second-order valence-corrected chi connectivity index (χ2v) is 12.2. The van der Waals surface area contributed by atoms with E-state index in [0.29, 0.717) is 20.5 Å². The highest BCUT2D eigenvalue weighted by atomic mass is 35.5. The molecule has 2 aromatic rings. The van der Waals surface area contributed by atoms with Crippen molar-refractivity contribution in [2.75, 3.05) is 13.2 Å². The molecule has 2 aromatic carbocycles. The van der Waals surface area contributed by atoms with Crippen molar-refractivity contribution in [3.8, 4) is 11.1 Å². The number of benzene rings is 2. The van der Waals surface area contributed by atoms with E-state index in [4.69, 9.17) is 21.1 Å². The van der Waals surface area contributed by atoms with Gasteiger partial charge in [0.15, 0.2) is 0 Å². The zero-order valence-corrected chi connectivity index (χ0v) is 22.3. The maximum Gasteiger partial charge on any atom is 0.327 e. The molecule has 0 aliphatic carbocycles. The second kappa shape index (κ2) is 11.1. The largest absolute Gasteiger partial charge is 0.459 e. The van der Waals surface area contributed by atoms with Crippen LogP contribution in [0.25, 0.3) is 11.1 Å². The molecule has 0 radical (unpaired) electrons. The average Bonchev–Trinajstić information content (AvgIpc) is 2.71. The summed E-state index contributed by atoms with van der Waals surface area (Å²) in [6, 6.07) is 11.0. The third-order valence-electron chi connectivity index (χ3n) is 4.53. The Hall–Kier alpha value is -2.46. The predicted octanol–water partition coefficient (Wildman–Crippen LogP) is 4.04. The summed E-state index contributed by atoms with van der Waals surface area (Å²) in [6.07, 6.45) is 0. The van der Waals surface area contributed by atoms with Crippen LogP contribution in [-0.4, -0.2) is 60.2 Å². The Bertz CT molecular complexity index is 1150. The Morgan fingerprint density at radius 2 is 1.49 bits per heavy atom. The van der Waals surface area contributed by atoms with Gasteiger partial charge in [0.1, 0.15) is 23.8 Å². The van der Waals surface area contributed by atoms with Gasteiger partial charge in [-0.05, 0) is 65.3 Å². The summed E-state index contributed by atoms with van der Waals surface area (Å²) >= 11 is 5.98. The van der Waals surface area contributed by atoms with E-state index < -0.39 is 52.4 Å². The van der Waals surface area contributed by atoms with E-state index in [2.05, 4.69) is 0 Å². The predicted molar refractivity (Wildman–Crippen MR) is 133 cm³/mol. The van der Waals surface area contributed by atoms with Gasteiger partial charge in [-0.15, -0.1) is 0 Å². The topological polar surface area (TPSA) is 110 Å². The Morgan fingerprint density at radius 3 is 2.00 bits per heavy atom. The van der Waals surface area contributed by atoms with Crippen molar-refractivity contribution in [2.45, 2.75) is 63.7 Å². The number of nitrogens with zero attached hydrogens (tertiary/aromatic N) is 1. The molecule has 0 saturated carbocycles. The zero-order valence-electron chi connectivity index (χ0n) is 20.7. The average molecular weight is 526 g/mol. The number of hydrogen-bond donors (Lipinski definition) is 1. The maximum absolute atomic E-state index is 13.9. The molecule has 0 saturated heterocycles. The molecule has 0 spiro atoms. The number of ether oxygens (including phenoxy) is 2. The SMILES string of the molecule is CC(C)(C)OC(=O)CN([C@@H](CO)C(=O)OC(C)(C)C)S(=O)(=O)c1ccccc1-c1ccc(Cl)cc1. The van der Waals surface area contributed by atoms with Crippen LogP contribution in [0.2, 0.25) is 5.02 Å². The Morgan fingerprint density at radius 1 is 0.943 bits per heavy atom. The van der Waals surface area contributed by atoms with E-state index in [-0.39, 0.29) is 4.90 Å². The minimum atomic E-state index is -4.51. The lowest BCUT2D eigenvalue weighted by Crippen LogP contribution is -2.52. The first-order chi connectivity index (χ1) is 16.0. The number of aliphatic hydroxyl groups excluding tert-OH is 1. The number of rotatable bonds is 8. The first-order valence-corrected chi connectivity index (χ1v) is 12.8. The van der Waals surface area contributed by atoms with Crippen LogP contribution in [0.4, 0.5) is 0 Å². The van der Waals surface area contributed by atoms with Crippen LogP contribution < -0.4 is 0 Å². The van der Waals surface area contributed by atoms with Gasteiger partial charge >= 0.3 is 11.9 Å². The van der Waals surface area contributed by atoms with Gasteiger partial charge in [-0.25, -0.2) is 8.42 Å². The minimum Gasteiger partial charge on any atom is -0.459 e. The molecule has 10 heteroatoms. The number of esters is 2. The highest BCUT2D eigenvalue weighted by Gasteiger charge is 2.41. The van der Waals surface area contributed by atoms with E-state index in [9.17, 15) is 23.1 Å². The van der Waals surface area contributed by atoms with Crippen LogP contribution in [-0.2, 0) is 29.1 Å². The standard InChI is InChI=1S/C25H32ClNO7S/c1-24(2,3)33-22(29)15-27(20(16-28)23(30)34-25(4,5)6)35(31,32)21-10-8-7-9-19(21)17-11-13-18(26)14-12-17/h7-14,20,28H,15-16H2,1-6H3/t20-/m0/s1. The number of carbonyl (C=O) groups excluding carboxylic acids is 2. The van der Waals surface area contributed by atoms with Crippen molar-refractivity contribution in [3.05, 3.63) is 53.6 Å². The second-order valence-electron chi connectivity index (χ2n) is 9.87. The van der Waals surface area contributed by atoms with E-state index in [1.165, 1.54) is 12.1 Å². The molecule has 0 fully saturated rings. The fourth-order valence-electron chi connectivity index (χ4n) is 3.20. The number of sulfonamides is 1. The fraction of sp³-hybridized carbons (Fsp3) is 0.440. The molecule has 1 N–H and O–H groups in total. The van der Waals surface area contributed by atoms with Gasteiger partial charge in [-0.1, -0.05) is 41.9 Å². The monoisotopic (exact) mass is 525 g/mol. The summed E-state index contributed by atoms with van der Waals surface area (Å²) in [5.41, 5.74) is -0.954. The molecule has 0 aliphatic heterocycles. The molecule has 2 rings (SSSR count). The normalized spacial score (nSPS) is 13.4. The zero-order chi connectivity index (χ0) is 26.6. The number of aliphatic hydroxyl groups is 1. The van der Waals surface area contributed by atoms with Crippen molar-refractivity contribution in [1.82, 2.24) is 4.31 Å².